The van der Waals surface area contributed by atoms with Gasteiger partial charge in [-0.3, -0.25) is 0 Å². The Hall–Kier alpha value is 0. The highest BCUT2D eigenvalue weighted by molar-refractivity contribution is 4.89. The molecule has 0 atom stereocenters. The van der Waals surface area contributed by atoms with Gasteiger partial charge in [0.1, 0.15) is 0 Å². The number of hydrogen-bond donors (Lipinski definition) is 0. The molecule has 0 nitrogen and oxygen atoms in total. The second kappa shape index (κ2) is 3.81. The van der Waals surface area contributed by atoms with Crippen molar-refractivity contribution < 1.29 is 0 Å². The first-order chi connectivity index (χ1) is 5.31. The summed E-state index contributed by atoms with van der Waals surface area (Å²) in [7, 11) is 0. The molecule has 0 radical (unpaired) electrons. The maximum absolute atomic E-state index is 2.42. The largest absolute Gasteiger partial charge is 0.0648 e. The summed E-state index contributed by atoms with van der Waals surface area (Å²) in [5, 5.41) is 0. The molecule has 0 aliphatic rings. The lowest BCUT2D eigenvalue weighted by Gasteiger charge is -2.46. The van der Waals surface area contributed by atoms with Gasteiger partial charge in [-0.15, -0.1) is 0 Å². The third-order valence-electron chi connectivity index (χ3n) is 4.56. The maximum atomic E-state index is 2.42. The van der Waals surface area contributed by atoms with E-state index in [0.29, 0.717) is 10.8 Å². The van der Waals surface area contributed by atoms with Crippen LogP contribution in [0.15, 0.2) is 0 Å². The Labute approximate surface area is 78.8 Å². The summed E-state index contributed by atoms with van der Waals surface area (Å²) in [6, 6.07) is 0. The van der Waals surface area contributed by atoms with Crippen molar-refractivity contribution in [2.45, 2.75) is 61.3 Å². The van der Waals surface area contributed by atoms with E-state index in [1.165, 1.54) is 12.8 Å². The molecule has 74 valence electrons. The highest BCUT2D eigenvalue weighted by Crippen LogP contribution is 2.48. The van der Waals surface area contributed by atoms with Gasteiger partial charge in [0.15, 0.2) is 0 Å². The van der Waals surface area contributed by atoms with Gasteiger partial charge in [-0.2, -0.15) is 0 Å². The van der Waals surface area contributed by atoms with Crippen LogP contribution in [0.25, 0.3) is 0 Å². The average Bonchev–Trinajstić information content (AvgIpc) is 2.02. The van der Waals surface area contributed by atoms with Crippen molar-refractivity contribution in [2.24, 2.45) is 16.7 Å². The summed E-state index contributed by atoms with van der Waals surface area (Å²) in [5.74, 6) is 0.766. The number of hydrogen-bond acceptors (Lipinski definition) is 0. The first kappa shape index (κ1) is 12.0. The van der Waals surface area contributed by atoms with Crippen LogP contribution in [-0.4, -0.2) is 0 Å². The molecule has 0 heterocycles. The van der Waals surface area contributed by atoms with Crippen molar-refractivity contribution in [3.05, 3.63) is 0 Å². The topological polar surface area (TPSA) is 0 Å². The van der Waals surface area contributed by atoms with Crippen molar-refractivity contribution >= 4 is 0 Å². The smallest absolute Gasteiger partial charge is 0.0277 e. The van der Waals surface area contributed by atoms with Crippen LogP contribution in [0.5, 0.6) is 0 Å². The molecule has 0 heteroatoms. The molecule has 0 spiro atoms. The Morgan fingerprint density at radius 2 is 1.25 bits per heavy atom. The molecule has 0 unspecified atom stereocenters. The summed E-state index contributed by atoms with van der Waals surface area (Å²) in [5.41, 5.74) is 0.956. The molecule has 0 aliphatic carbocycles. The Kier molecular flexibility index (Phi) is 3.81. The standard InChI is InChI=1S/C12H26/c1-8-12(7,9-2)11(5,6)10(3)4/h10H,8-9H2,1-7H3. The van der Waals surface area contributed by atoms with E-state index in [1.54, 1.807) is 0 Å². The monoisotopic (exact) mass is 170 g/mol. The van der Waals surface area contributed by atoms with Gasteiger partial charge in [0.25, 0.3) is 0 Å². The van der Waals surface area contributed by atoms with Crippen LogP contribution < -0.4 is 0 Å². The van der Waals surface area contributed by atoms with Crippen molar-refractivity contribution in [3.8, 4) is 0 Å². The van der Waals surface area contributed by atoms with Gasteiger partial charge in [-0.25, -0.2) is 0 Å². The van der Waals surface area contributed by atoms with Crippen LogP contribution in [0.2, 0.25) is 0 Å². The van der Waals surface area contributed by atoms with Gasteiger partial charge in [-0.05, 0) is 16.7 Å². The van der Waals surface area contributed by atoms with E-state index in [0.717, 1.165) is 5.92 Å². The second-order valence-electron chi connectivity index (χ2n) is 5.14. The van der Waals surface area contributed by atoms with E-state index >= 15 is 0 Å². The minimum Gasteiger partial charge on any atom is -0.0648 e. The SMILES string of the molecule is CCC(C)(CC)C(C)(C)C(C)C. The van der Waals surface area contributed by atoms with Gasteiger partial charge in [-0.1, -0.05) is 61.3 Å². The highest BCUT2D eigenvalue weighted by atomic mass is 14.4. The molecular weight excluding hydrogens is 144 g/mol. The first-order valence-electron chi connectivity index (χ1n) is 5.31. The quantitative estimate of drug-likeness (QED) is 0.583. The number of rotatable bonds is 4. The van der Waals surface area contributed by atoms with Crippen molar-refractivity contribution in [3.63, 3.8) is 0 Å². The molecule has 0 aliphatic heterocycles. The fourth-order valence-corrected chi connectivity index (χ4v) is 1.86. The molecular formula is C12H26. The van der Waals surface area contributed by atoms with Crippen LogP contribution in [0.1, 0.15) is 61.3 Å². The van der Waals surface area contributed by atoms with E-state index in [-0.39, 0.29) is 0 Å². The van der Waals surface area contributed by atoms with Gasteiger partial charge in [0, 0.05) is 0 Å². The molecule has 0 fully saturated rings. The summed E-state index contributed by atoms with van der Waals surface area (Å²) in [4.78, 5) is 0. The second-order valence-corrected chi connectivity index (χ2v) is 5.14. The van der Waals surface area contributed by atoms with Gasteiger partial charge in [0.05, 0.1) is 0 Å². The molecule has 0 rings (SSSR count). The van der Waals surface area contributed by atoms with E-state index in [4.69, 9.17) is 0 Å². The molecule has 0 bridgehead atoms. The molecule has 0 aromatic carbocycles. The summed E-state index contributed by atoms with van der Waals surface area (Å²) in [6.07, 6.45) is 2.57. The molecule has 0 saturated heterocycles. The lowest BCUT2D eigenvalue weighted by molar-refractivity contribution is 0.0308. The fourth-order valence-electron chi connectivity index (χ4n) is 1.86. The normalized spacial score (nSPS) is 14.0. The highest BCUT2D eigenvalue weighted by Gasteiger charge is 2.39. The lowest BCUT2D eigenvalue weighted by Crippen LogP contribution is -2.38. The zero-order valence-electron chi connectivity index (χ0n) is 9.99. The van der Waals surface area contributed by atoms with Crippen molar-refractivity contribution in [2.75, 3.05) is 0 Å². The van der Waals surface area contributed by atoms with Crippen molar-refractivity contribution in [1.29, 1.82) is 0 Å². The van der Waals surface area contributed by atoms with Crippen molar-refractivity contribution in [1.82, 2.24) is 0 Å². The zero-order valence-corrected chi connectivity index (χ0v) is 9.99. The first-order valence-corrected chi connectivity index (χ1v) is 5.31. The third kappa shape index (κ3) is 1.84. The Bertz CT molecular complexity index is 124. The van der Waals surface area contributed by atoms with Crippen LogP contribution >= 0.6 is 0 Å². The molecule has 0 amide bonds. The summed E-state index contributed by atoms with van der Waals surface area (Å²) >= 11 is 0. The maximum Gasteiger partial charge on any atom is -0.0277 e. The lowest BCUT2D eigenvalue weighted by atomic mass is 9.59. The molecule has 0 aromatic rings. The minimum atomic E-state index is 0.455. The molecule has 0 saturated carbocycles. The minimum absolute atomic E-state index is 0.455. The Morgan fingerprint density at radius 3 is 1.33 bits per heavy atom. The Morgan fingerprint density at radius 1 is 0.917 bits per heavy atom. The van der Waals surface area contributed by atoms with E-state index in [2.05, 4.69) is 48.5 Å². The molecule has 12 heavy (non-hydrogen) atoms. The van der Waals surface area contributed by atoms with Gasteiger partial charge in [0.2, 0.25) is 0 Å². The Balaban J connectivity index is 4.70. The van der Waals surface area contributed by atoms with E-state index < -0.39 is 0 Å². The predicted molar refractivity (Wildman–Crippen MR) is 57.3 cm³/mol. The molecule has 0 N–H and O–H groups in total. The zero-order chi connectivity index (χ0) is 9.99. The van der Waals surface area contributed by atoms with Crippen LogP contribution in [0.4, 0.5) is 0 Å². The average molecular weight is 170 g/mol. The van der Waals surface area contributed by atoms with Gasteiger partial charge >= 0.3 is 0 Å². The van der Waals surface area contributed by atoms with Crippen LogP contribution in [0, 0.1) is 16.7 Å². The molecule has 0 aromatic heterocycles. The van der Waals surface area contributed by atoms with Crippen LogP contribution in [0.3, 0.4) is 0 Å². The summed E-state index contributed by atoms with van der Waals surface area (Å²) in [6.45, 7) is 16.5. The third-order valence-corrected chi connectivity index (χ3v) is 4.56. The predicted octanol–water partition coefficient (Wildman–Crippen LogP) is 4.49. The van der Waals surface area contributed by atoms with Crippen LogP contribution in [-0.2, 0) is 0 Å². The summed E-state index contributed by atoms with van der Waals surface area (Å²) < 4.78 is 0. The van der Waals surface area contributed by atoms with Gasteiger partial charge < -0.3 is 0 Å². The van der Waals surface area contributed by atoms with E-state index in [1.807, 2.05) is 0 Å². The fraction of sp³-hybridized carbons (Fsp3) is 1.00. The van der Waals surface area contributed by atoms with E-state index in [9.17, 15) is 0 Å².